The summed E-state index contributed by atoms with van der Waals surface area (Å²) >= 11 is 0. The number of halogens is 2. The van der Waals surface area contributed by atoms with Crippen molar-refractivity contribution >= 4 is 34.1 Å². The van der Waals surface area contributed by atoms with E-state index in [1.165, 1.54) is 31.3 Å². The van der Waals surface area contributed by atoms with Gasteiger partial charge in [-0.25, -0.2) is 18.7 Å². The van der Waals surface area contributed by atoms with Crippen LogP contribution in [0.1, 0.15) is 31.4 Å². The summed E-state index contributed by atoms with van der Waals surface area (Å²) in [6, 6.07) is 10.9. The van der Waals surface area contributed by atoms with Crippen LogP contribution in [0.3, 0.4) is 0 Å². The lowest BCUT2D eigenvalue weighted by Crippen LogP contribution is -2.17. The number of unbranched alkanes of at least 4 members (excludes halogenated alkanes) is 1. The normalized spacial score (nSPS) is 13.6. The third-order valence-corrected chi connectivity index (χ3v) is 6.21. The van der Waals surface area contributed by atoms with Crippen molar-refractivity contribution in [2.75, 3.05) is 30.3 Å². The molecule has 0 unspecified atom stereocenters. The van der Waals surface area contributed by atoms with E-state index in [0.29, 0.717) is 23.9 Å². The molecule has 3 N–H and O–H groups in total. The van der Waals surface area contributed by atoms with E-state index in [2.05, 4.69) is 42.2 Å². The molecule has 4 aromatic rings. The molecular formula is C27H28F2N7O2. The van der Waals surface area contributed by atoms with Gasteiger partial charge in [0.25, 0.3) is 0 Å². The van der Waals surface area contributed by atoms with Gasteiger partial charge in [-0.2, -0.15) is 5.10 Å². The topological polar surface area (TPSA) is 108 Å². The smallest absolute Gasteiger partial charge is 0.230 e. The molecule has 1 radical (unpaired) electrons. The molecule has 1 amide bonds. The summed E-state index contributed by atoms with van der Waals surface area (Å²) in [4.78, 5) is 23.3. The summed E-state index contributed by atoms with van der Waals surface area (Å²) in [6.45, 7) is 5.17. The van der Waals surface area contributed by atoms with Gasteiger partial charge in [0.1, 0.15) is 17.9 Å². The number of nitrogens with zero attached hydrogens (tertiary/aromatic N) is 4. The van der Waals surface area contributed by atoms with Crippen molar-refractivity contribution in [3.05, 3.63) is 72.7 Å². The second-order valence-electron chi connectivity index (χ2n) is 9.05. The van der Waals surface area contributed by atoms with Crippen LogP contribution in [0.15, 0.2) is 48.8 Å². The van der Waals surface area contributed by atoms with Gasteiger partial charge in [0.2, 0.25) is 5.91 Å². The number of carbonyl (C=O) groups is 1. The van der Waals surface area contributed by atoms with Crippen LogP contribution in [0.5, 0.6) is 5.75 Å². The summed E-state index contributed by atoms with van der Waals surface area (Å²) in [7, 11) is 0. The summed E-state index contributed by atoms with van der Waals surface area (Å²) in [5, 5.41) is 13.2. The van der Waals surface area contributed by atoms with Crippen LogP contribution in [-0.2, 0) is 11.2 Å². The number of aromatic amines is 1. The maximum Gasteiger partial charge on any atom is 0.230 e. The number of ether oxygens (including phenoxy) is 1. The number of amides is 1. The van der Waals surface area contributed by atoms with E-state index < -0.39 is 17.5 Å². The number of carbonyl (C=O) groups excluding carboxylic acids is 1. The molecule has 2 aromatic carbocycles. The number of rotatable bonds is 11. The lowest BCUT2D eigenvalue weighted by atomic mass is 10.2. The molecule has 0 bridgehead atoms. The van der Waals surface area contributed by atoms with Crippen molar-refractivity contribution in [2.24, 2.45) is 0 Å². The lowest BCUT2D eigenvalue weighted by Gasteiger charge is -2.13. The first-order chi connectivity index (χ1) is 18.5. The van der Waals surface area contributed by atoms with Gasteiger partial charge in [-0.1, -0.05) is 6.07 Å². The van der Waals surface area contributed by atoms with E-state index >= 15 is 0 Å². The highest BCUT2D eigenvalue weighted by atomic mass is 19.2. The second-order valence-corrected chi connectivity index (χ2v) is 9.05. The van der Waals surface area contributed by atoms with E-state index in [9.17, 15) is 13.6 Å². The molecule has 0 aliphatic carbocycles. The average molecular weight is 521 g/mol. The maximum absolute atomic E-state index is 13.8. The Labute approximate surface area is 218 Å². The molecule has 9 nitrogen and oxygen atoms in total. The third-order valence-electron chi connectivity index (χ3n) is 6.21. The number of aromatic nitrogens is 4. The average Bonchev–Trinajstić information content (AvgIpc) is 3.59. The number of anilines is 3. The van der Waals surface area contributed by atoms with Crippen molar-refractivity contribution in [2.45, 2.75) is 32.1 Å². The minimum atomic E-state index is -1.10. The van der Waals surface area contributed by atoms with Crippen LogP contribution >= 0.6 is 0 Å². The lowest BCUT2D eigenvalue weighted by molar-refractivity contribution is -0.115. The zero-order valence-electron chi connectivity index (χ0n) is 20.7. The SMILES string of the molecule is O=C(Cc1cc(Nc2ncnc3cc(OCCCCN4[CH]CCC4)ccc23)n[nH]1)Nc1cccc(F)c1F. The molecule has 38 heavy (non-hydrogen) atoms. The Morgan fingerprint density at radius 3 is 2.92 bits per heavy atom. The van der Waals surface area contributed by atoms with Crippen LogP contribution in [0.2, 0.25) is 0 Å². The zero-order chi connectivity index (χ0) is 26.3. The van der Waals surface area contributed by atoms with Crippen LogP contribution in [0.25, 0.3) is 10.9 Å². The molecule has 0 spiro atoms. The Kier molecular flexibility index (Phi) is 8.03. The van der Waals surface area contributed by atoms with Crippen molar-refractivity contribution < 1.29 is 18.3 Å². The van der Waals surface area contributed by atoms with E-state index in [-0.39, 0.29) is 12.1 Å². The summed E-state index contributed by atoms with van der Waals surface area (Å²) in [5.41, 5.74) is 0.988. The number of H-pyrrole nitrogens is 1. The van der Waals surface area contributed by atoms with E-state index in [0.717, 1.165) is 48.6 Å². The Balaban J connectivity index is 1.15. The van der Waals surface area contributed by atoms with Gasteiger partial charge in [0, 0.05) is 29.8 Å². The molecule has 2 aromatic heterocycles. The molecular weight excluding hydrogens is 492 g/mol. The Morgan fingerprint density at radius 2 is 2.05 bits per heavy atom. The minimum absolute atomic E-state index is 0.105. The summed E-state index contributed by atoms with van der Waals surface area (Å²) in [6.07, 6.45) is 5.86. The van der Waals surface area contributed by atoms with Crippen LogP contribution in [0, 0.1) is 18.2 Å². The molecule has 1 fully saturated rings. The fourth-order valence-electron chi connectivity index (χ4n) is 4.30. The number of hydrogen-bond acceptors (Lipinski definition) is 7. The molecule has 1 aliphatic rings. The van der Waals surface area contributed by atoms with Gasteiger partial charge in [-0.05, 0) is 63.0 Å². The number of likely N-dealkylation sites (tertiary alicyclic amines) is 1. The highest BCUT2D eigenvalue weighted by Gasteiger charge is 2.14. The molecule has 0 atom stereocenters. The summed E-state index contributed by atoms with van der Waals surface area (Å²) in [5.74, 6) is -0.906. The standard InChI is InChI=1S/C27H28F2N7O2/c28-21-6-5-7-22(26(21)29)32-25(37)15-18-14-24(35-34-18)33-27-20-9-8-19(16-23(20)30-17-31-27)38-13-4-3-12-36-10-1-2-11-36/h5-10,14,16-17H,1-4,11-13,15H2,(H,32,37)(H2,30,31,33,34,35). The van der Waals surface area contributed by atoms with Gasteiger partial charge < -0.3 is 15.4 Å². The van der Waals surface area contributed by atoms with Gasteiger partial charge in [0.15, 0.2) is 17.5 Å². The minimum Gasteiger partial charge on any atom is -0.494 e. The van der Waals surface area contributed by atoms with Crippen LogP contribution < -0.4 is 15.4 Å². The Morgan fingerprint density at radius 1 is 1.13 bits per heavy atom. The van der Waals surface area contributed by atoms with E-state index in [4.69, 9.17) is 4.74 Å². The first-order valence-corrected chi connectivity index (χ1v) is 12.6. The van der Waals surface area contributed by atoms with Crippen molar-refractivity contribution in [1.82, 2.24) is 25.1 Å². The third kappa shape index (κ3) is 6.41. The number of fused-ring (bicyclic) bond motifs is 1. The molecule has 11 heteroatoms. The highest BCUT2D eigenvalue weighted by Crippen LogP contribution is 2.26. The monoisotopic (exact) mass is 520 g/mol. The first kappa shape index (κ1) is 25.5. The van der Waals surface area contributed by atoms with Gasteiger partial charge in [-0.3, -0.25) is 14.8 Å². The summed E-state index contributed by atoms with van der Waals surface area (Å²) < 4.78 is 33.1. The van der Waals surface area contributed by atoms with Gasteiger partial charge in [0.05, 0.1) is 24.2 Å². The first-order valence-electron chi connectivity index (χ1n) is 12.6. The van der Waals surface area contributed by atoms with Gasteiger partial charge >= 0.3 is 0 Å². The number of benzene rings is 2. The quantitative estimate of drug-likeness (QED) is 0.240. The van der Waals surface area contributed by atoms with Crippen LogP contribution in [0.4, 0.5) is 26.1 Å². The largest absolute Gasteiger partial charge is 0.494 e. The van der Waals surface area contributed by atoms with Crippen LogP contribution in [-0.4, -0.2) is 50.7 Å². The molecule has 0 saturated carbocycles. The predicted molar refractivity (Wildman–Crippen MR) is 140 cm³/mol. The molecule has 5 rings (SSSR count). The molecule has 1 saturated heterocycles. The molecule has 3 heterocycles. The van der Waals surface area contributed by atoms with Crippen molar-refractivity contribution in [3.63, 3.8) is 0 Å². The fraction of sp³-hybridized carbons (Fsp3) is 0.296. The van der Waals surface area contributed by atoms with Gasteiger partial charge in [-0.15, -0.1) is 0 Å². The fourth-order valence-corrected chi connectivity index (χ4v) is 4.30. The molecule has 197 valence electrons. The van der Waals surface area contributed by atoms with E-state index in [1.807, 2.05) is 18.2 Å². The van der Waals surface area contributed by atoms with Crippen molar-refractivity contribution in [3.8, 4) is 5.75 Å². The maximum atomic E-state index is 13.8. The number of nitrogens with one attached hydrogen (secondary N) is 3. The molecule has 1 aliphatic heterocycles. The Hall–Kier alpha value is -4.12. The predicted octanol–water partition coefficient (Wildman–Crippen LogP) is 4.97. The van der Waals surface area contributed by atoms with Crippen molar-refractivity contribution in [1.29, 1.82) is 0 Å². The zero-order valence-corrected chi connectivity index (χ0v) is 20.7. The van der Waals surface area contributed by atoms with E-state index in [1.54, 1.807) is 6.07 Å². The second kappa shape index (κ2) is 12.0. The highest BCUT2D eigenvalue weighted by molar-refractivity contribution is 5.93. The Bertz CT molecular complexity index is 1410. The number of hydrogen-bond donors (Lipinski definition) is 3.